The minimum absolute atomic E-state index is 0.0804. The number of nitrogens with zero attached hydrogens (tertiary/aromatic N) is 1. The van der Waals surface area contributed by atoms with Crippen molar-refractivity contribution in [3.63, 3.8) is 0 Å². The van der Waals surface area contributed by atoms with Crippen molar-refractivity contribution < 1.29 is 0 Å². The Hall–Kier alpha value is -1.83. The molecule has 0 unspecified atom stereocenters. The molecule has 0 amide bonds. The Bertz CT molecular complexity index is 584. The maximum atomic E-state index is 12.1. The second-order valence-corrected chi connectivity index (χ2v) is 4.52. The highest BCUT2D eigenvalue weighted by Crippen LogP contribution is 2.21. The van der Waals surface area contributed by atoms with Gasteiger partial charge in [0, 0.05) is 17.4 Å². The van der Waals surface area contributed by atoms with Crippen molar-refractivity contribution in [3.8, 4) is 5.69 Å². The Morgan fingerprint density at radius 2 is 1.65 bits per heavy atom. The van der Waals surface area contributed by atoms with Crippen LogP contribution in [0.3, 0.4) is 0 Å². The van der Waals surface area contributed by atoms with Gasteiger partial charge >= 0.3 is 0 Å². The molecule has 0 saturated heterocycles. The molecule has 0 bridgehead atoms. The van der Waals surface area contributed by atoms with Gasteiger partial charge in [-0.2, -0.15) is 0 Å². The Kier molecular flexibility index (Phi) is 2.56. The Balaban J connectivity index is 2.25. The molecule has 0 spiro atoms. The molecule has 2 nitrogen and oxygen atoms in total. The minimum atomic E-state index is 0.0804. The summed E-state index contributed by atoms with van der Waals surface area (Å²) in [6.45, 7) is 0. The predicted molar refractivity (Wildman–Crippen MR) is 68.7 cm³/mol. The molecule has 0 fully saturated rings. The van der Waals surface area contributed by atoms with Gasteiger partial charge in [-0.05, 0) is 43.4 Å². The van der Waals surface area contributed by atoms with Gasteiger partial charge in [-0.25, -0.2) is 0 Å². The lowest BCUT2D eigenvalue weighted by atomic mass is 9.95. The number of aromatic nitrogens is 1. The third-order valence-electron chi connectivity index (χ3n) is 3.41. The summed E-state index contributed by atoms with van der Waals surface area (Å²) >= 11 is 0. The molecule has 1 aliphatic carbocycles. The Morgan fingerprint density at radius 3 is 2.47 bits per heavy atom. The summed E-state index contributed by atoms with van der Waals surface area (Å²) in [6, 6.07) is 13.6. The van der Waals surface area contributed by atoms with Crippen molar-refractivity contribution in [2.24, 2.45) is 0 Å². The molecule has 1 heterocycles. The van der Waals surface area contributed by atoms with E-state index >= 15 is 0 Å². The van der Waals surface area contributed by atoms with Gasteiger partial charge in [0.15, 0.2) is 0 Å². The van der Waals surface area contributed by atoms with Gasteiger partial charge in [0.2, 0.25) is 0 Å². The van der Waals surface area contributed by atoms with Gasteiger partial charge < -0.3 is 0 Å². The van der Waals surface area contributed by atoms with Crippen LogP contribution in [0.15, 0.2) is 47.3 Å². The zero-order valence-electron chi connectivity index (χ0n) is 9.73. The zero-order chi connectivity index (χ0) is 11.7. The van der Waals surface area contributed by atoms with Crippen LogP contribution in [-0.2, 0) is 12.8 Å². The van der Waals surface area contributed by atoms with E-state index in [0.29, 0.717) is 0 Å². The van der Waals surface area contributed by atoms with E-state index in [4.69, 9.17) is 0 Å². The lowest BCUT2D eigenvalue weighted by molar-refractivity contribution is 0.644. The molecule has 0 radical (unpaired) electrons. The van der Waals surface area contributed by atoms with Crippen LogP contribution in [-0.4, -0.2) is 4.57 Å². The molecule has 1 aliphatic rings. The van der Waals surface area contributed by atoms with E-state index < -0.39 is 0 Å². The van der Waals surface area contributed by atoms with Crippen LogP contribution < -0.4 is 5.56 Å². The van der Waals surface area contributed by atoms with Gasteiger partial charge in [-0.3, -0.25) is 9.36 Å². The van der Waals surface area contributed by atoms with Crippen molar-refractivity contribution in [3.05, 3.63) is 64.1 Å². The van der Waals surface area contributed by atoms with E-state index in [-0.39, 0.29) is 5.56 Å². The Labute approximate surface area is 101 Å². The van der Waals surface area contributed by atoms with Gasteiger partial charge in [-0.1, -0.05) is 24.3 Å². The molecule has 2 heteroatoms. The average molecular weight is 225 g/mol. The standard InChI is InChI=1S/C15H15NO/c17-15-11-10-12-6-4-5-9-14(12)16(15)13-7-2-1-3-8-13/h1-3,7-8,10-11H,4-6,9H2. The summed E-state index contributed by atoms with van der Waals surface area (Å²) < 4.78 is 1.87. The van der Waals surface area contributed by atoms with Crippen molar-refractivity contribution >= 4 is 0 Å². The topological polar surface area (TPSA) is 22.0 Å². The van der Waals surface area contributed by atoms with Crippen LogP contribution in [0.25, 0.3) is 5.69 Å². The van der Waals surface area contributed by atoms with Crippen molar-refractivity contribution in [2.45, 2.75) is 25.7 Å². The fourth-order valence-electron chi connectivity index (χ4n) is 2.59. The van der Waals surface area contributed by atoms with Crippen LogP contribution in [0.5, 0.6) is 0 Å². The zero-order valence-corrected chi connectivity index (χ0v) is 9.73. The van der Waals surface area contributed by atoms with Gasteiger partial charge in [0.25, 0.3) is 5.56 Å². The monoisotopic (exact) mass is 225 g/mol. The van der Waals surface area contributed by atoms with Crippen molar-refractivity contribution in [1.29, 1.82) is 0 Å². The largest absolute Gasteiger partial charge is 0.281 e. The number of aryl methyl sites for hydroxylation is 1. The number of hydrogen-bond acceptors (Lipinski definition) is 1. The highest BCUT2D eigenvalue weighted by molar-refractivity contribution is 5.37. The van der Waals surface area contributed by atoms with E-state index in [1.54, 1.807) is 6.07 Å². The van der Waals surface area contributed by atoms with Crippen molar-refractivity contribution in [1.82, 2.24) is 4.57 Å². The van der Waals surface area contributed by atoms with E-state index in [1.165, 1.54) is 24.1 Å². The molecule has 3 rings (SSSR count). The van der Waals surface area contributed by atoms with E-state index in [9.17, 15) is 4.79 Å². The van der Waals surface area contributed by atoms with Crippen molar-refractivity contribution in [2.75, 3.05) is 0 Å². The molecule has 17 heavy (non-hydrogen) atoms. The van der Waals surface area contributed by atoms with Gasteiger partial charge in [0.1, 0.15) is 0 Å². The summed E-state index contributed by atoms with van der Waals surface area (Å²) in [5.74, 6) is 0. The normalized spacial score (nSPS) is 14.4. The number of hydrogen-bond donors (Lipinski definition) is 0. The van der Waals surface area contributed by atoms with E-state index in [2.05, 4.69) is 0 Å². The number of fused-ring (bicyclic) bond motifs is 1. The summed E-state index contributed by atoms with van der Waals surface area (Å²) in [7, 11) is 0. The lowest BCUT2D eigenvalue weighted by Crippen LogP contribution is -2.24. The first-order valence-electron chi connectivity index (χ1n) is 6.15. The fraction of sp³-hybridized carbons (Fsp3) is 0.267. The molecule has 0 saturated carbocycles. The number of rotatable bonds is 1. The van der Waals surface area contributed by atoms with Gasteiger partial charge in [-0.15, -0.1) is 0 Å². The number of benzene rings is 1. The maximum absolute atomic E-state index is 12.1. The molecule has 0 N–H and O–H groups in total. The van der Waals surface area contributed by atoms with Crippen LogP contribution in [0.2, 0.25) is 0 Å². The fourth-order valence-corrected chi connectivity index (χ4v) is 2.59. The number of para-hydroxylation sites is 1. The number of pyridine rings is 1. The molecule has 2 aromatic rings. The third-order valence-corrected chi connectivity index (χ3v) is 3.41. The highest BCUT2D eigenvalue weighted by Gasteiger charge is 2.14. The summed E-state index contributed by atoms with van der Waals surface area (Å²) in [4.78, 5) is 12.1. The van der Waals surface area contributed by atoms with Crippen LogP contribution in [0.1, 0.15) is 24.1 Å². The quantitative estimate of drug-likeness (QED) is 0.731. The molecule has 86 valence electrons. The summed E-state index contributed by atoms with van der Waals surface area (Å²) in [5.41, 5.74) is 3.60. The minimum Gasteiger partial charge on any atom is -0.281 e. The first-order chi connectivity index (χ1) is 8.36. The first-order valence-corrected chi connectivity index (χ1v) is 6.15. The SMILES string of the molecule is O=c1ccc2c(n1-c1ccccc1)CCCC2. The van der Waals surface area contributed by atoms with Gasteiger partial charge in [0.05, 0.1) is 0 Å². The lowest BCUT2D eigenvalue weighted by Gasteiger charge is -2.20. The molecule has 0 aliphatic heterocycles. The first kappa shape index (κ1) is 10.3. The van der Waals surface area contributed by atoms with E-state index in [1.807, 2.05) is 41.0 Å². The maximum Gasteiger partial charge on any atom is 0.255 e. The summed E-state index contributed by atoms with van der Waals surface area (Å²) in [5, 5.41) is 0. The second-order valence-electron chi connectivity index (χ2n) is 4.52. The molecule has 0 atom stereocenters. The Morgan fingerprint density at radius 1 is 0.882 bits per heavy atom. The second kappa shape index (κ2) is 4.21. The predicted octanol–water partition coefficient (Wildman–Crippen LogP) is 2.72. The summed E-state index contributed by atoms with van der Waals surface area (Å²) in [6.07, 6.45) is 4.53. The molecule has 1 aromatic heterocycles. The molecular weight excluding hydrogens is 210 g/mol. The third kappa shape index (κ3) is 1.80. The van der Waals surface area contributed by atoms with E-state index in [0.717, 1.165) is 18.5 Å². The smallest absolute Gasteiger partial charge is 0.255 e. The van der Waals surface area contributed by atoms with Crippen LogP contribution >= 0.6 is 0 Å². The van der Waals surface area contributed by atoms with Crippen LogP contribution in [0.4, 0.5) is 0 Å². The van der Waals surface area contributed by atoms with Crippen LogP contribution in [0, 0.1) is 0 Å². The highest BCUT2D eigenvalue weighted by atomic mass is 16.1. The molecular formula is C15H15NO. The average Bonchev–Trinajstić information content (AvgIpc) is 2.39. The molecule has 1 aromatic carbocycles.